The number of benzene rings is 2. The van der Waals surface area contributed by atoms with Crippen LogP contribution in [0.1, 0.15) is 18.8 Å². The average Bonchev–Trinajstić information content (AvgIpc) is 3.14. The van der Waals surface area contributed by atoms with Gasteiger partial charge in [0.15, 0.2) is 0 Å². The van der Waals surface area contributed by atoms with Gasteiger partial charge in [-0.3, -0.25) is 14.2 Å². The molecule has 0 saturated carbocycles. The minimum Gasteiger partial charge on any atom is -0.324 e. The second kappa shape index (κ2) is 7.93. The van der Waals surface area contributed by atoms with E-state index in [1.54, 1.807) is 26.0 Å². The van der Waals surface area contributed by atoms with Crippen molar-refractivity contribution in [2.45, 2.75) is 19.9 Å². The summed E-state index contributed by atoms with van der Waals surface area (Å²) in [4.78, 5) is 32.2. The largest absolute Gasteiger partial charge is 0.324 e. The minimum absolute atomic E-state index is 0.204. The Balaban J connectivity index is 1.70. The number of hydrogen-bond acceptors (Lipinski definition) is 4. The molecule has 0 aliphatic heterocycles. The van der Waals surface area contributed by atoms with Crippen LogP contribution < -0.4 is 10.9 Å². The molecule has 29 heavy (non-hydrogen) atoms. The summed E-state index contributed by atoms with van der Waals surface area (Å²) in [5.74, 6) is 0.250. The van der Waals surface area contributed by atoms with Gasteiger partial charge < -0.3 is 5.32 Å². The van der Waals surface area contributed by atoms with Crippen LogP contribution in [0.3, 0.4) is 0 Å². The van der Waals surface area contributed by atoms with Crippen LogP contribution >= 0.6 is 27.3 Å². The molecular weight excluding hydrogens is 450 g/mol. The Kier molecular flexibility index (Phi) is 5.34. The molecule has 0 aliphatic rings. The molecule has 1 amide bonds. The molecule has 0 saturated heterocycles. The number of anilines is 1. The van der Waals surface area contributed by atoms with Crippen molar-refractivity contribution in [2.24, 2.45) is 0 Å². The molecular formula is C22H18BrN3O2S. The van der Waals surface area contributed by atoms with Crippen molar-refractivity contribution in [1.29, 1.82) is 0 Å². The maximum absolute atomic E-state index is 13.2. The quantitative estimate of drug-likeness (QED) is 0.437. The molecule has 1 atom stereocenters. The summed E-state index contributed by atoms with van der Waals surface area (Å²) in [6.45, 7) is 3.47. The Hall–Kier alpha value is -2.77. The lowest BCUT2D eigenvalue weighted by molar-refractivity contribution is -0.118. The Morgan fingerprint density at radius 3 is 2.52 bits per heavy atom. The highest BCUT2D eigenvalue weighted by atomic mass is 79.9. The van der Waals surface area contributed by atoms with Gasteiger partial charge in [0.25, 0.3) is 5.56 Å². The van der Waals surface area contributed by atoms with Crippen molar-refractivity contribution in [3.63, 3.8) is 0 Å². The number of halogens is 1. The minimum atomic E-state index is -0.692. The molecule has 146 valence electrons. The third-order valence-electron chi connectivity index (χ3n) is 4.71. The highest BCUT2D eigenvalue weighted by Crippen LogP contribution is 2.31. The van der Waals surface area contributed by atoms with Crippen LogP contribution in [0.5, 0.6) is 0 Å². The number of hydrogen-bond donors (Lipinski definition) is 1. The molecule has 2 heterocycles. The number of amides is 1. The third kappa shape index (κ3) is 3.88. The molecule has 0 spiro atoms. The normalized spacial score (nSPS) is 12.1. The molecule has 7 heteroatoms. The number of aromatic nitrogens is 2. The van der Waals surface area contributed by atoms with E-state index in [2.05, 4.69) is 26.2 Å². The van der Waals surface area contributed by atoms with Gasteiger partial charge in [0.05, 0.1) is 5.39 Å². The molecule has 1 unspecified atom stereocenters. The number of fused-ring (bicyclic) bond motifs is 1. The zero-order valence-electron chi connectivity index (χ0n) is 15.8. The Morgan fingerprint density at radius 1 is 1.14 bits per heavy atom. The van der Waals surface area contributed by atoms with Crippen LogP contribution in [0.2, 0.25) is 0 Å². The Bertz CT molecular complexity index is 1250. The second-order valence-corrected chi connectivity index (χ2v) is 8.65. The fraction of sp³-hybridized carbons (Fsp3) is 0.136. The lowest BCUT2D eigenvalue weighted by Crippen LogP contribution is -2.33. The van der Waals surface area contributed by atoms with E-state index < -0.39 is 6.04 Å². The van der Waals surface area contributed by atoms with E-state index in [-0.39, 0.29) is 11.5 Å². The zero-order valence-corrected chi connectivity index (χ0v) is 18.3. The maximum atomic E-state index is 13.2. The summed E-state index contributed by atoms with van der Waals surface area (Å²) in [5, 5.41) is 3.39. The molecule has 0 fully saturated rings. The number of nitrogens with zero attached hydrogens (tertiary/aromatic N) is 2. The first-order chi connectivity index (χ1) is 13.9. The van der Waals surface area contributed by atoms with E-state index in [9.17, 15) is 9.59 Å². The van der Waals surface area contributed by atoms with Gasteiger partial charge in [-0.1, -0.05) is 46.3 Å². The highest BCUT2D eigenvalue weighted by molar-refractivity contribution is 9.10. The van der Waals surface area contributed by atoms with Crippen LogP contribution in [0, 0.1) is 6.92 Å². The fourth-order valence-electron chi connectivity index (χ4n) is 3.19. The van der Waals surface area contributed by atoms with Gasteiger partial charge >= 0.3 is 0 Å². The van der Waals surface area contributed by atoms with Crippen molar-refractivity contribution in [3.8, 4) is 10.4 Å². The predicted octanol–water partition coefficient (Wildman–Crippen LogP) is 5.40. The average molecular weight is 468 g/mol. The molecule has 2 aromatic carbocycles. The summed E-state index contributed by atoms with van der Waals surface area (Å²) in [6.07, 6.45) is 0. The van der Waals surface area contributed by atoms with Gasteiger partial charge in [-0.25, -0.2) is 4.98 Å². The van der Waals surface area contributed by atoms with Gasteiger partial charge in [-0.2, -0.15) is 0 Å². The first kappa shape index (κ1) is 19.5. The predicted molar refractivity (Wildman–Crippen MR) is 122 cm³/mol. The van der Waals surface area contributed by atoms with Crippen LogP contribution in [-0.4, -0.2) is 15.5 Å². The number of aryl methyl sites for hydroxylation is 1. The zero-order chi connectivity index (χ0) is 20.5. The first-order valence-corrected chi connectivity index (χ1v) is 10.7. The summed E-state index contributed by atoms with van der Waals surface area (Å²) in [7, 11) is 0. The molecule has 4 aromatic rings. The lowest BCUT2D eigenvalue weighted by Gasteiger charge is -2.17. The lowest BCUT2D eigenvalue weighted by atomic mass is 10.2. The first-order valence-electron chi connectivity index (χ1n) is 9.08. The molecule has 4 rings (SSSR count). The number of carbonyl (C=O) groups is 1. The molecule has 0 aliphatic carbocycles. The highest BCUT2D eigenvalue weighted by Gasteiger charge is 2.21. The number of carbonyl (C=O) groups excluding carboxylic acids is 1. The van der Waals surface area contributed by atoms with Crippen LogP contribution in [0.4, 0.5) is 5.69 Å². The van der Waals surface area contributed by atoms with Gasteiger partial charge in [0.2, 0.25) is 5.91 Å². The van der Waals surface area contributed by atoms with E-state index in [1.807, 2.05) is 48.5 Å². The van der Waals surface area contributed by atoms with Crippen LogP contribution in [-0.2, 0) is 4.79 Å². The topological polar surface area (TPSA) is 64.0 Å². The fourth-order valence-corrected chi connectivity index (χ4v) is 4.53. The van der Waals surface area contributed by atoms with Gasteiger partial charge in [0, 0.05) is 15.0 Å². The number of thiophene rings is 1. The number of rotatable bonds is 4. The van der Waals surface area contributed by atoms with E-state index in [1.165, 1.54) is 15.9 Å². The van der Waals surface area contributed by atoms with Crippen molar-refractivity contribution in [3.05, 3.63) is 81.3 Å². The molecule has 2 aromatic heterocycles. The molecule has 5 nitrogen and oxygen atoms in total. The van der Waals surface area contributed by atoms with Crippen molar-refractivity contribution in [2.75, 3.05) is 5.32 Å². The monoisotopic (exact) mass is 467 g/mol. The molecule has 1 N–H and O–H groups in total. The van der Waals surface area contributed by atoms with Crippen molar-refractivity contribution in [1.82, 2.24) is 9.55 Å². The van der Waals surface area contributed by atoms with Gasteiger partial charge in [-0.05, 0) is 49.7 Å². The summed E-state index contributed by atoms with van der Waals surface area (Å²) >= 11 is 4.85. The van der Waals surface area contributed by atoms with E-state index in [4.69, 9.17) is 0 Å². The van der Waals surface area contributed by atoms with Crippen LogP contribution in [0.25, 0.3) is 20.7 Å². The smallest absolute Gasteiger partial charge is 0.263 e. The van der Waals surface area contributed by atoms with E-state index in [0.29, 0.717) is 21.7 Å². The summed E-state index contributed by atoms with van der Waals surface area (Å²) < 4.78 is 2.38. The molecule has 0 bridgehead atoms. The van der Waals surface area contributed by atoms with Crippen molar-refractivity contribution >= 4 is 49.1 Å². The van der Waals surface area contributed by atoms with E-state index in [0.717, 1.165) is 14.9 Å². The number of nitrogens with one attached hydrogen (secondary N) is 1. The Labute approximate surface area is 180 Å². The van der Waals surface area contributed by atoms with Gasteiger partial charge in [-0.15, -0.1) is 11.3 Å². The Morgan fingerprint density at radius 2 is 1.83 bits per heavy atom. The summed E-state index contributed by atoms with van der Waals surface area (Å²) in [6, 6.07) is 18.4. The third-order valence-corrected chi connectivity index (χ3v) is 6.32. The SMILES string of the molecule is Cc1nc2sc(-c3ccccc3)cc2c(=O)n1C(C)C(=O)Nc1ccc(Br)cc1. The van der Waals surface area contributed by atoms with E-state index >= 15 is 0 Å². The second-order valence-electron chi connectivity index (χ2n) is 6.70. The standard InChI is InChI=1S/C22H18BrN3O2S/c1-13(20(27)25-17-10-8-16(23)9-11-17)26-14(2)24-21-18(22(26)28)12-19(29-21)15-6-4-3-5-7-15/h3-13H,1-2H3,(H,25,27). The van der Waals surface area contributed by atoms with Crippen molar-refractivity contribution < 1.29 is 4.79 Å². The van der Waals surface area contributed by atoms with Crippen LogP contribution in [0.15, 0.2) is 69.9 Å². The summed E-state index contributed by atoms with van der Waals surface area (Å²) in [5.41, 5.74) is 1.51. The molecule has 0 radical (unpaired) electrons. The van der Waals surface area contributed by atoms with Gasteiger partial charge in [0.1, 0.15) is 16.7 Å². The maximum Gasteiger partial charge on any atom is 0.263 e.